The van der Waals surface area contributed by atoms with Crippen LogP contribution in [-0.2, 0) is 24.9 Å². The van der Waals surface area contributed by atoms with Crippen LogP contribution in [0.4, 0.5) is 0 Å². The lowest BCUT2D eigenvalue weighted by Gasteiger charge is -2.14. The van der Waals surface area contributed by atoms with Crippen LogP contribution in [-0.4, -0.2) is 50.0 Å². The van der Waals surface area contributed by atoms with Crippen molar-refractivity contribution in [2.45, 2.75) is 26.9 Å². The second-order valence-corrected chi connectivity index (χ2v) is 5.08. The average molecular weight is 319 g/mol. The summed E-state index contributed by atoms with van der Waals surface area (Å²) >= 11 is 0. The van der Waals surface area contributed by atoms with Crippen molar-refractivity contribution in [1.29, 1.82) is 0 Å². The van der Waals surface area contributed by atoms with E-state index in [9.17, 15) is 9.59 Å². The number of rotatable bonds is 6. The molecule has 0 N–H and O–H groups in total. The molecule has 0 aromatic carbocycles. The molecule has 124 valence electrons. The fourth-order valence-corrected chi connectivity index (χ4v) is 2.14. The highest BCUT2D eigenvalue weighted by Crippen LogP contribution is 2.09. The van der Waals surface area contributed by atoms with Crippen LogP contribution in [0, 0.1) is 0 Å². The van der Waals surface area contributed by atoms with Gasteiger partial charge in [0.2, 0.25) is 0 Å². The molecule has 1 amide bonds. The lowest BCUT2D eigenvalue weighted by Crippen LogP contribution is -2.27. The summed E-state index contributed by atoms with van der Waals surface area (Å²) in [7, 11) is 3.28. The minimum absolute atomic E-state index is 0.202. The molecule has 2 rings (SSSR count). The van der Waals surface area contributed by atoms with Crippen LogP contribution in [0.25, 0.3) is 0 Å². The molecule has 2 heterocycles. The van der Waals surface area contributed by atoms with Gasteiger partial charge in [0.15, 0.2) is 5.69 Å². The Bertz CT molecular complexity index is 704. The first-order chi connectivity index (χ1) is 11.0. The number of amides is 1. The molecule has 0 saturated carbocycles. The highest BCUT2D eigenvalue weighted by atomic mass is 16.5. The summed E-state index contributed by atoms with van der Waals surface area (Å²) in [6, 6.07) is 3.32. The molecule has 2 aromatic heterocycles. The molecule has 0 aliphatic rings. The molecule has 2 aromatic rings. The van der Waals surface area contributed by atoms with Gasteiger partial charge >= 0.3 is 5.97 Å². The van der Waals surface area contributed by atoms with E-state index in [1.54, 1.807) is 25.7 Å². The van der Waals surface area contributed by atoms with Crippen LogP contribution in [0.15, 0.2) is 18.3 Å². The molecule has 0 atom stereocenters. The Morgan fingerprint density at radius 2 is 2.04 bits per heavy atom. The molecular formula is C15H21N5O3. The number of hydrogen-bond donors (Lipinski definition) is 0. The Hall–Kier alpha value is -2.64. The Kier molecular flexibility index (Phi) is 5.15. The second-order valence-electron chi connectivity index (χ2n) is 5.08. The minimum atomic E-state index is -0.495. The first-order valence-corrected chi connectivity index (χ1v) is 7.45. The van der Waals surface area contributed by atoms with Crippen LogP contribution >= 0.6 is 0 Å². The summed E-state index contributed by atoms with van der Waals surface area (Å²) in [6.45, 7) is 5.14. The zero-order chi connectivity index (χ0) is 17.0. The van der Waals surface area contributed by atoms with E-state index in [-0.39, 0.29) is 23.9 Å². The molecule has 0 spiro atoms. The van der Waals surface area contributed by atoms with Crippen molar-refractivity contribution < 1.29 is 14.3 Å². The summed E-state index contributed by atoms with van der Waals surface area (Å²) in [5.41, 5.74) is 1.25. The maximum absolute atomic E-state index is 12.4. The van der Waals surface area contributed by atoms with Gasteiger partial charge in [-0.2, -0.15) is 10.2 Å². The Balaban J connectivity index is 2.10. The molecule has 8 heteroatoms. The van der Waals surface area contributed by atoms with Gasteiger partial charge in [-0.1, -0.05) is 0 Å². The fraction of sp³-hybridized carbons (Fsp3) is 0.467. The highest BCUT2D eigenvalue weighted by Gasteiger charge is 2.21. The molecular weight excluding hydrogens is 298 g/mol. The summed E-state index contributed by atoms with van der Waals surface area (Å²) in [5, 5.41) is 8.44. The zero-order valence-corrected chi connectivity index (χ0v) is 13.8. The number of hydrogen-bond acceptors (Lipinski definition) is 5. The van der Waals surface area contributed by atoms with Crippen LogP contribution in [0.5, 0.6) is 0 Å². The van der Waals surface area contributed by atoms with Gasteiger partial charge in [0.1, 0.15) is 5.69 Å². The van der Waals surface area contributed by atoms with Crippen LogP contribution in [0.1, 0.15) is 40.5 Å². The average Bonchev–Trinajstić information content (AvgIpc) is 3.13. The summed E-state index contributed by atoms with van der Waals surface area (Å²) in [4.78, 5) is 25.7. The zero-order valence-electron chi connectivity index (χ0n) is 13.8. The number of ether oxygens (including phenoxy) is 1. The number of esters is 1. The van der Waals surface area contributed by atoms with E-state index in [4.69, 9.17) is 4.74 Å². The van der Waals surface area contributed by atoms with Crippen molar-refractivity contribution in [3.63, 3.8) is 0 Å². The van der Waals surface area contributed by atoms with Gasteiger partial charge in [-0.3, -0.25) is 14.2 Å². The second kappa shape index (κ2) is 7.08. The third-order valence-electron chi connectivity index (χ3n) is 3.35. The van der Waals surface area contributed by atoms with E-state index in [0.717, 1.165) is 12.2 Å². The molecule has 0 bridgehead atoms. The minimum Gasteiger partial charge on any atom is -0.461 e. The lowest BCUT2D eigenvalue weighted by atomic mass is 10.3. The van der Waals surface area contributed by atoms with Crippen LogP contribution < -0.4 is 0 Å². The van der Waals surface area contributed by atoms with Gasteiger partial charge in [0, 0.05) is 32.9 Å². The van der Waals surface area contributed by atoms with E-state index in [2.05, 4.69) is 10.2 Å². The monoisotopic (exact) mass is 319 g/mol. The summed E-state index contributed by atoms with van der Waals surface area (Å²) in [5.74, 6) is -0.770. The molecule has 0 aliphatic heterocycles. The molecule has 8 nitrogen and oxygen atoms in total. The largest absolute Gasteiger partial charge is 0.461 e. The number of carbonyl (C=O) groups is 2. The predicted octanol–water partition coefficient (Wildman–Crippen LogP) is 1.09. The topological polar surface area (TPSA) is 82.2 Å². The smallest absolute Gasteiger partial charge is 0.356 e. The number of nitrogens with zero attached hydrogens (tertiary/aromatic N) is 5. The lowest BCUT2D eigenvalue weighted by molar-refractivity contribution is 0.0513. The van der Waals surface area contributed by atoms with E-state index in [0.29, 0.717) is 6.54 Å². The van der Waals surface area contributed by atoms with Crippen molar-refractivity contribution in [1.82, 2.24) is 24.5 Å². The van der Waals surface area contributed by atoms with Crippen molar-refractivity contribution in [2.75, 3.05) is 13.7 Å². The third kappa shape index (κ3) is 3.77. The first-order valence-electron chi connectivity index (χ1n) is 7.45. The summed E-state index contributed by atoms with van der Waals surface area (Å²) in [6.07, 6.45) is 1.87. The number of aromatic nitrogens is 4. The van der Waals surface area contributed by atoms with Crippen molar-refractivity contribution in [3.05, 3.63) is 35.4 Å². The fourth-order valence-electron chi connectivity index (χ4n) is 2.14. The normalized spacial score (nSPS) is 10.6. The molecule has 0 unspecified atom stereocenters. The molecule has 0 fully saturated rings. The van der Waals surface area contributed by atoms with Crippen molar-refractivity contribution >= 4 is 11.9 Å². The third-order valence-corrected chi connectivity index (χ3v) is 3.35. The van der Waals surface area contributed by atoms with Gasteiger partial charge in [-0.25, -0.2) is 4.79 Å². The first kappa shape index (κ1) is 16.7. The molecule has 0 radical (unpaired) electrons. The van der Waals surface area contributed by atoms with Gasteiger partial charge in [-0.05, 0) is 19.9 Å². The quantitative estimate of drug-likeness (QED) is 0.744. The van der Waals surface area contributed by atoms with Crippen LogP contribution in [0.2, 0.25) is 0 Å². The van der Waals surface area contributed by atoms with Crippen molar-refractivity contribution in [2.24, 2.45) is 7.05 Å². The number of carbonyl (C=O) groups excluding carboxylic acids is 2. The maximum Gasteiger partial charge on any atom is 0.356 e. The highest BCUT2D eigenvalue weighted by molar-refractivity contribution is 5.95. The Labute approximate surface area is 134 Å². The van der Waals surface area contributed by atoms with E-state index < -0.39 is 5.97 Å². The Morgan fingerprint density at radius 3 is 2.65 bits per heavy atom. The molecule has 23 heavy (non-hydrogen) atoms. The van der Waals surface area contributed by atoms with E-state index >= 15 is 0 Å². The predicted molar refractivity (Wildman–Crippen MR) is 82.9 cm³/mol. The maximum atomic E-state index is 12.4. The number of aryl methyl sites for hydroxylation is 2. The molecule has 0 aliphatic carbocycles. The summed E-state index contributed by atoms with van der Waals surface area (Å²) < 4.78 is 8.09. The van der Waals surface area contributed by atoms with E-state index in [1.165, 1.54) is 15.6 Å². The SMILES string of the molecule is CCOC(=O)c1cc(C(=O)N(C)Cc2ccn(CC)n2)nn1C. The van der Waals surface area contributed by atoms with Gasteiger partial charge < -0.3 is 9.64 Å². The van der Waals surface area contributed by atoms with Gasteiger partial charge in [0.25, 0.3) is 5.91 Å². The van der Waals surface area contributed by atoms with Crippen LogP contribution in [0.3, 0.4) is 0 Å². The van der Waals surface area contributed by atoms with E-state index in [1.807, 2.05) is 19.2 Å². The molecule has 0 saturated heterocycles. The van der Waals surface area contributed by atoms with Gasteiger partial charge in [-0.15, -0.1) is 0 Å². The standard InChI is InChI=1S/C15H21N5O3/c1-5-20-8-7-11(16-20)10-18(3)14(21)12-9-13(19(4)17-12)15(22)23-6-2/h7-9H,5-6,10H2,1-4H3. The van der Waals surface area contributed by atoms with Crippen molar-refractivity contribution in [3.8, 4) is 0 Å². The Morgan fingerprint density at radius 1 is 1.30 bits per heavy atom. The van der Waals surface area contributed by atoms with Gasteiger partial charge in [0.05, 0.1) is 18.8 Å².